The molecule has 2 rings (SSSR count). The predicted molar refractivity (Wildman–Crippen MR) is 84.5 cm³/mol. The van der Waals surface area contributed by atoms with Crippen LogP contribution in [0.4, 0.5) is 11.4 Å². The highest BCUT2D eigenvalue weighted by Gasteiger charge is 2.21. The van der Waals surface area contributed by atoms with Gasteiger partial charge >= 0.3 is 0 Å². The van der Waals surface area contributed by atoms with Gasteiger partial charge in [-0.25, -0.2) is 0 Å². The fourth-order valence-electron chi connectivity index (χ4n) is 2.01. The molecule has 0 bridgehead atoms. The van der Waals surface area contributed by atoms with Crippen molar-refractivity contribution in [3.63, 3.8) is 0 Å². The summed E-state index contributed by atoms with van der Waals surface area (Å²) in [5.74, 6) is -0.174. The van der Waals surface area contributed by atoms with Gasteiger partial charge in [-0.15, -0.1) is 12.4 Å². The molecule has 1 unspecified atom stereocenters. The van der Waals surface area contributed by atoms with Crippen LogP contribution < -0.4 is 16.0 Å². The summed E-state index contributed by atoms with van der Waals surface area (Å²) in [4.78, 5) is 22.2. The fraction of sp³-hybridized carbons (Fsp3) is 0.462. The second kappa shape index (κ2) is 9.19. The van der Waals surface area contributed by atoms with E-state index in [-0.39, 0.29) is 24.0 Å². The summed E-state index contributed by atoms with van der Waals surface area (Å²) in [7, 11) is 0. The molecule has 1 aromatic rings. The lowest BCUT2D eigenvalue weighted by molar-refractivity contribution is -0.384. The summed E-state index contributed by atoms with van der Waals surface area (Å²) < 4.78 is 5.32. The summed E-state index contributed by atoms with van der Waals surface area (Å²) in [6, 6.07) is 6.39. The van der Waals surface area contributed by atoms with Crippen molar-refractivity contribution in [3.8, 4) is 0 Å². The van der Waals surface area contributed by atoms with Gasteiger partial charge in [0.15, 0.2) is 0 Å². The van der Waals surface area contributed by atoms with Crippen molar-refractivity contribution >= 4 is 29.7 Å². The maximum absolute atomic E-state index is 11.8. The van der Waals surface area contributed by atoms with Gasteiger partial charge in [-0.05, 0) is 6.07 Å². The number of rotatable bonds is 6. The van der Waals surface area contributed by atoms with E-state index in [9.17, 15) is 14.9 Å². The van der Waals surface area contributed by atoms with Crippen LogP contribution in [0.5, 0.6) is 0 Å². The van der Waals surface area contributed by atoms with E-state index in [1.54, 1.807) is 18.2 Å². The highest BCUT2D eigenvalue weighted by molar-refractivity contribution is 5.85. The molecular formula is C13H19ClN4O4. The largest absolute Gasteiger partial charge is 0.378 e. The fourth-order valence-corrected chi connectivity index (χ4v) is 2.01. The maximum Gasteiger partial charge on any atom is 0.292 e. The van der Waals surface area contributed by atoms with E-state index in [1.807, 2.05) is 0 Å². The van der Waals surface area contributed by atoms with Crippen LogP contribution in [0.1, 0.15) is 0 Å². The second-order valence-electron chi connectivity index (χ2n) is 4.56. The third-order valence-electron chi connectivity index (χ3n) is 3.06. The summed E-state index contributed by atoms with van der Waals surface area (Å²) >= 11 is 0. The smallest absolute Gasteiger partial charge is 0.292 e. The molecule has 122 valence electrons. The zero-order valence-corrected chi connectivity index (χ0v) is 12.7. The molecule has 22 heavy (non-hydrogen) atoms. The second-order valence-corrected chi connectivity index (χ2v) is 4.56. The Morgan fingerprint density at radius 3 is 2.86 bits per heavy atom. The standard InChI is InChI=1S/C13H18N4O4.ClH/c18-13(12-9-14-7-8-21-12)16-6-5-15-10-3-1-2-4-11(10)17(19)20;/h1-4,12,14-15H,5-9H2,(H,16,18);1H. The highest BCUT2D eigenvalue weighted by atomic mass is 35.5. The number of hydrogen-bond acceptors (Lipinski definition) is 6. The van der Waals surface area contributed by atoms with Gasteiger partial charge in [0.05, 0.1) is 11.5 Å². The van der Waals surface area contributed by atoms with Crippen LogP contribution in [-0.4, -0.2) is 49.7 Å². The van der Waals surface area contributed by atoms with Crippen molar-refractivity contribution in [1.29, 1.82) is 0 Å². The van der Waals surface area contributed by atoms with E-state index < -0.39 is 11.0 Å². The highest BCUT2D eigenvalue weighted by Crippen LogP contribution is 2.22. The first kappa shape index (κ1) is 18.1. The van der Waals surface area contributed by atoms with Gasteiger partial charge in [-0.1, -0.05) is 12.1 Å². The van der Waals surface area contributed by atoms with Crippen molar-refractivity contribution in [2.75, 3.05) is 38.1 Å². The molecule has 1 atom stereocenters. The average Bonchev–Trinajstić information content (AvgIpc) is 2.52. The number of carbonyl (C=O) groups excluding carboxylic acids is 1. The molecule has 0 aliphatic carbocycles. The molecule has 1 saturated heterocycles. The molecular weight excluding hydrogens is 312 g/mol. The van der Waals surface area contributed by atoms with Gasteiger partial charge in [0.2, 0.25) is 0 Å². The van der Waals surface area contributed by atoms with E-state index in [4.69, 9.17) is 4.74 Å². The van der Waals surface area contributed by atoms with Gasteiger partial charge in [0.1, 0.15) is 11.8 Å². The SMILES string of the molecule is Cl.O=C(NCCNc1ccccc1[N+](=O)[O-])C1CNCCO1. The van der Waals surface area contributed by atoms with Crippen molar-refractivity contribution in [3.05, 3.63) is 34.4 Å². The third kappa shape index (κ3) is 5.14. The van der Waals surface area contributed by atoms with Crippen LogP contribution in [0.25, 0.3) is 0 Å². The van der Waals surface area contributed by atoms with E-state index in [0.29, 0.717) is 31.9 Å². The molecule has 1 amide bonds. The first-order chi connectivity index (χ1) is 10.2. The lowest BCUT2D eigenvalue weighted by Gasteiger charge is -2.22. The normalized spacial score (nSPS) is 17.2. The lowest BCUT2D eigenvalue weighted by atomic mass is 10.2. The lowest BCUT2D eigenvalue weighted by Crippen LogP contribution is -2.48. The number of benzene rings is 1. The molecule has 0 saturated carbocycles. The molecule has 1 fully saturated rings. The predicted octanol–water partition coefficient (Wildman–Crippen LogP) is 0.533. The Bertz CT molecular complexity index is 509. The van der Waals surface area contributed by atoms with E-state index in [0.717, 1.165) is 6.54 Å². The van der Waals surface area contributed by atoms with E-state index in [2.05, 4.69) is 16.0 Å². The Hall–Kier alpha value is -1.90. The molecule has 1 aromatic carbocycles. The summed E-state index contributed by atoms with van der Waals surface area (Å²) in [5, 5.41) is 19.6. The number of amides is 1. The number of halogens is 1. The molecule has 0 aromatic heterocycles. The van der Waals surface area contributed by atoms with Gasteiger partial charge in [-0.3, -0.25) is 14.9 Å². The van der Waals surface area contributed by atoms with Crippen LogP contribution in [-0.2, 0) is 9.53 Å². The van der Waals surface area contributed by atoms with Gasteiger partial charge < -0.3 is 20.7 Å². The minimum atomic E-state index is -0.468. The minimum absolute atomic E-state index is 0. The number of carbonyl (C=O) groups is 1. The van der Waals surface area contributed by atoms with Crippen molar-refractivity contribution in [1.82, 2.24) is 10.6 Å². The molecule has 8 nitrogen and oxygen atoms in total. The number of nitro groups is 1. The summed E-state index contributed by atoms with van der Waals surface area (Å²) in [5.41, 5.74) is 0.455. The molecule has 1 heterocycles. The Kier molecular flexibility index (Phi) is 7.58. The number of ether oxygens (including phenoxy) is 1. The molecule has 0 spiro atoms. The van der Waals surface area contributed by atoms with Crippen molar-refractivity contribution < 1.29 is 14.5 Å². The first-order valence-corrected chi connectivity index (χ1v) is 6.76. The van der Waals surface area contributed by atoms with E-state index >= 15 is 0 Å². The number of nitrogens with one attached hydrogen (secondary N) is 3. The zero-order chi connectivity index (χ0) is 15.1. The number of anilines is 1. The Balaban J connectivity index is 0.00000242. The third-order valence-corrected chi connectivity index (χ3v) is 3.06. The van der Waals surface area contributed by atoms with Crippen LogP contribution in [0.15, 0.2) is 24.3 Å². The molecule has 1 aliphatic rings. The average molecular weight is 331 g/mol. The number of morpholine rings is 1. The van der Waals surface area contributed by atoms with Gasteiger partial charge in [-0.2, -0.15) is 0 Å². The summed E-state index contributed by atoms with van der Waals surface area (Å²) in [6.07, 6.45) is -0.468. The Morgan fingerprint density at radius 1 is 1.41 bits per heavy atom. The van der Waals surface area contributed by atoms with Crippen LogP contribution in [0, 0.1) is 10.1 Å². The minimum Gasteiger partial charge on any atom is -0.378 e. The maximum atomic E-state index is 11.8. The van der Waals surface area contributed by atoms with Gasteiger partial charge in [0.25, 0.3) is 11.6 Å². The number of nitrogens with zero attached hydrogens (tertiary/aromatic N) is 1. The molecule has 1 aliphatic heterocycles. The molecule has 9 heteroatoms. The van der Waals surface area contributed by atoms with Crippen molar-refractivity contribution in [2.24, 2.45) is 0 Å². The monoisotopic (exact) mass is 330 g/mol. The van der Waals surface area contributed by atoms with Crippen LogP contribution in [0.2, 0.25) is 0 Å². The first-order valence-electron chi connectivity index (χ1n) is 6.76. The number of para-hydroxylation sites is 2. The Labute approximate surface area is 134 Å². The van der Waals surface area contributed by atoms with Crippen molar-refractivity contribution in [2.45, 2.75) is 6.10 Å². The zero-order valence-electron chi connectivity index (χ0n) is 11.9. The topological polar surface area (TPSA) is 106 Å². The number of hydrogen-bond donors (Lipinski definition) is 3. The quantitative estimate of drug-likeness (QED) is 0.399. The number of nitro benzene ring substituents is 1. The van der Waals surface area contributed by atoms with E-state index in [1.165, 1.54) is 6.07 Å². The molecule has 3 N–H and O–H groups in total. The molecule has 0 radical (unpaired) electrons. The summed E-state index contributed by atoms with van der Waals surface area (Å²) in [6.45, 7) is 2.54. The van der Waals surface area contributed by atoms with Crippen LogP contribution >= 0.6 is 12.4 Å². The van der Waals surface area contributed by atoms with Crippen LogP contribution in [0.3, 0.4) is 0 Å². The van der Waals surface area contributed by atoms with Gasteiger partial charge in [0, 0.05) is 32.2 Å². The Morgan fingerprint density at radius 2 is 2.18 bits per heavy atom.